The smallest absolute Gasteiger partial charge is 0.0618 e. The summed E-state index contributed by atoms with van der Waals surface area (Å²) in [5, 5.41) is 0. The molecule has 0 aliphatic carbocycles. The van der Waals surface area contributed by atoms with Gasteiger partial charge in [-0.15, -0.1) is 0 Å². The van der Waals surface area contributed by atoms with E-state index in [0.29, 0.717) is 11.5 Å². The molecule has 1 aliphatic rings. The molecule has 18 heavy (non-hydrogen) atoms. The first-order valence-electron chi connectivity index (χ1n) is 7.64. The van der Waals surface area contributed by atoms with Crippen molar-refractivity contribution in [2.75, 3.05) is 33.4 Å². The minimum Gasteiger partial charge on any atom is -0.383 e. The number of hydrogen-bond acceptors (Lipinski definition) is 3. The van der Waals surface area contributed by atoms with Crippen LogP contribution in [0.2, 0.25) is 0 Å². The molecular formula is C15H32N2O. The second-order valence-electron chi connectivity index (χ2n) is 5.78. The van der Waals surface area contributed by atoms with Gasteiger partial charge in [0, 0.05) is 13.2 Å². The van der Waals surface area contributed by atoms with Crippen molar-refractivity contribution in [1.29, 1.82) is 0 Å². The molecule has 0 aromatic heterocycles. The zero-order valence-electron chi connectivity index (χ0n) is 12.6. The molecule has 0 amide bonds. The van der Waals surface area contributed by atoms with Gasteiger partial charge < -0.3 is 10.5 Å². The molecule has 1 fully saturated rings. The molecule has 1 heterocycles. The molecule has 2 N–H and O–H groups in total. The van der Waals surface area contributed by atoms with Gasteiger partial charge in [-0.2, -0.15) is 0 Å². The summed E-state index contributed by atoms with van der Waals surface area (Å²) in [7, 11) is 1.81. The normalized spacial score (nSPS) is 22.0. The first-order valence-corrected chi connectivity index (χ1v) is 7.64. The van der Waals surface area contributed by atoms with Gasteiger partial charge in [-0.05, 0) is 50.7 Å². The predicted molar refractivity (Wildman–Crippen MR) is 77.8 cm³/mol. The number of methoxy groups -OCH3 is 1. The number of ether oxygens (including phenoxy) is 1. The van der Waals surface area contributed by atoms with Gasteiger partial charge in [0.1, 0.15) is 0 Å². The summed E-state index contributed by atoms with van der Waals surface area (Å²) in [6, 6.07) is 0.574. The minimum atomic E-state index is 0.574. The van der Waals surface area contributed by atoms with Gasteiger partial charge in [0.05, 0.1) is 6.61 Å². The van der Waals surface area contributed by atoms with Crippen molar-refractivity contribution < 1.29 is 4.74 Å². The lowest BCUT2D eigenvalue weighted by molar-refractivity contribution is 0.0282. The number of nitrogens with two attached hydrogens (primary N) is 1. The first kappa shape index (κ1) is 15.9. The van der Waals surface area contributed by atoms with Crippen molar-refractivity contribution in [3.8, 4) is 0 Å². The lowest BCUT2D eigenvalue weighted by atomic mass is 9.74. The molecular weight excluding hydrogens is 224 g/mol. The first-order chi connectivity index (χ1) is 8.71. The highest BCUT2D eigenvalue weighted by molar-refractivity contribution is 4.86. The molecule has 3 nitrogen and oxygen atoms in total. The maximum absolute atomic E-state index is 5.63. The van der Waals surface area contributed by atoms with E-state index in [1.807, 2.05) is 7.11 Å². The fourth-order valence-electron chi connectivity index (χ4n) is 3.24. The molecule has 108 valence electrons. The fourth-order valence-corrected chi connectivity index (χ4v) is 3.24. The second-order valence-corrected chi connectivity index (χ2v) is 5.78. The van der Waals surface area contributed by atoms with E-state index >= 15 is 0 Å². The number of likely N-dealkylation sites (tertiary alicyclic amines) is 1. The van der Waals surface area contributed by atoms with Crippen molar-refractivity contribution in [3.63, 3.8) is 0 Å². The highest BCUT2D eigenvalue weighted by Gasteiger charge is 2.33. The van der Waals surface area contributed by atoms with E-state index in [9.17, 15) is 0 Å². The zero-order valence-corrected chi connectivity index (χ0v) is 12.6. The molecule has 1 unspecified atom stereocenters. The van der Waals surface area contributed by atoms with Crippen LogP contribution in [0.4, 0.5) is 0 Å². The van der Waals surface area contributed by atoms with Crippen LogP contribution in [-0.4, -0.2) is 44.3 Å². The molecule has 3 heteroatoms. The number of rotatable bonds is 8. The Morgan fingerprint density at radius 1 is 1.22 bits per heavy atom. The fraction of sp³-hybridized carbons (Fsp3) is 1.00. The Balaban J connectivity index is 2.47. The van der Waals surface area contributed by atoms with Crippen LogP contribution in [0.15, 0.2) is 0 Å². The zero-order chi connectivity index (χ0) is 13.4. The summed E-state index contributed by atoms with van der Waals surface area (Å²) in [5.41, 5.74) is 6.24. The molecule has 1 rings (SSSR count). The Morgan fingerprint density at radius 2 is 1.83 bits per heavy atom. The highest BCUT2D eigenvalue weighted by atomic mass is 16.5. The average molecular weight is 256 g/mol. The summed E-state index contributed by atoms with van der Waals surface area (Å²) < 4.78 is 5.38. The van der Waals surface area contributed by atoms with Crippen molar-refractivity contribution in [1.82, 2.24) is 4.90 Å². The van der Waals surface area contributed by atoms with Crippen molar-refractivity contribution in [3.05, 3.63) is 0 Å². The third kappa shape index (κ3) is 4.22. The SMILES string of the molecule is CCC1(CC)CCN(C(CCCN)COC)CC1. The van der Waals surface area contributed by atoms with E-state index < -0.39 is 0 Å². The van der Waals surface area contributed by atoms with Crippen LogP contribution in [0.3, 0.4) is 0 Å². The van der Waals surface area contributed by atoms with E-state index in [1.54, 1.807) is 0 Å². The van der Waals surface area contributed by atoms with Gasteiger partial charge >= 0.3 is 0 Å². The van der Waals surface area contributed by atoms with E-state index in [2.05, 4.69) is 18.7 Å². The number of hydrogen-bond donors (Lipinski definition) is 1. The van der Waals surface area contributed by atoms with Crippen LogP contribution in [0.1, 0.15) is 52.4 Å². The Kier molecular flexibility index (Phi) is 7.20. The van der Waals surface area contributed by atoms with E-state index in [0.717, 1.165) is 19.6 Å². The molecule has 0 radical (unpaired) electrons. The van der Waals surface area contributed by atoms with Crippen molar-refractivity contribution in [2.45, 2.75) is 58.4 Å². The molecule has 0 saturated carbocycles. The van der Waals surface area contributed by atoms with E-state index in [-0.39, 0.29) is 0 Å². The van der Waals surface area contributed by atoms with Crippen LogP contribution in [0.25, 0.3) is 0 Å². The van der Waals surface area contributed by atoms with Crippen LogP contribution in [0, 0.1) is 5.41 Å². The number of piperidine rings is 1. The highest BCUT2D eigenvalue weighted by Crippen LogP contribution is 2.38. The van der Waals surface area contributed by atoms with Crippen LogP contribution in [-0.2, 0) is 4.74 Å². The van der Waals surface area contributed by atoms with E-state index in [4.69, 9.17) is 10.5 Å². The van der Waals surface area contributed by atoms with Crippen LogP contribution in [0.5, 0.6) is 0 Å². The van der Waals surface area contributed by atoms with Crippen molar-refractivity contribution in [2.24, 2.45) is 11.1 Å². The largest absolute Gasteiger partial charge is 0.383 e. The lowest BCUT2D eigenvalue weighted by Gasteiger charge is -2.44. The molecule has 0 aromatic carbocycles. The Morgan fingerprint density at radius 3 is 2.28 bits per heavy atom. The number of nitrogens with zero attached hydrogens (tertiary/aromatic N) is 1. The van der Waals surface area contributed by atoms with E-state index in [1.165, 1.54) is 45.2 Å². The summed E-state index contributed by atoms with van der Waals surface area (Å²) in [4.78, 5) is 2.63. The van der Waals surface area contributed by atoms with Gasteiger partial charge in [0.2, 0.25) is 0 Å². The maximum atomic E-state index is 5.63. The molecule has 0 bridgehead atoms. The standard InChI is InChI=1S/C15H32N2O/c1-4-15(5-2)8-11-17(12-9-15)14(13-18-3)7-6-10-16/h14H,4-13,16H2,1-3H3. The molecule has 0 aromatic rings. The monoisotopic (exact) mass is 256 g/mol. The Labute approximate surface area is 113 Å². The van der Waals surface area contributed by atoms with Crippen molar-refractivity contribution >= 4 is 0 Å². The van der Waals surface area contributed by atoms with Crippen LogP contribution >= 0.6 is 0 Å². The lowest BCUT2D eigenvalue weighted by Crippen LogP contribution is -2.46. The second kappa shape index (κ2) is 8.13. The topological polar surface area (TPSA) is 38.5 Å². The summed E-state index contributed by atoms with van der Waals surface area (Å²) in [6.45, 7) is 8.81. The molecule has 1 saturated heterocycles. The van der Waals surface area contributed by atoms with Gasteiger partial charge in [0.25, 0.3) is 0 Å². The van der Waals surface area contributed by atoms with Gasteiger partial charge in [-0.25, -0.2) is 0 Å². The molecule has 1 atom stereocenters. The maximum Gasteiger partial charge on any atom is 0.0618 e. The quantitative estimate of drug-likeness (QED) is 0.725. The van der Waals surface area contributed by atoms with Gasteiger partial charge in [-0.1, -0.05) is 26.7 Å². The summed E-state index contributed by atoms with van der Waals surface area (Å²) in [5.74, 6) is 0. The summed E-state index contributed by atoms with van der Waals surface area (Å²) >= 11 is 0. The Bertz CT molecular complexity index is 207. The van der Waals surface area contributed by atoms with Crippen LogP contribution < -0.4 is 5.73 Å². The molecule has 0 spiro atoms. The third-order valence-corrected chi connectivity index (χ3v) is 4.98. The predicted octanol–water partition coefficient (Wildman–Crippen LogP) is 2.64. The third-order valence-electron chi connectivity index (χ3n) is 4.98. The minimum absolute atomic E-state index is 0.574. The Hall–Kier alpha value is -0.120. The average Bonchev–Trinajstić information content (AvgIpc) is 2.43. The summed E-state index contributed by atoms with van der Waals surface area (Å²) in [6.07, 6.45) is 7.64. The van der Waals surface area contributed by atoms with Gasteiger partial charge in [0.15, 0.2) is 0 Å². The molecule has 1 aliphatic heterocycles. The van der Waals surface area contributed by atoms with Gasteiger partial charge in [-0.3, -0.25) is 4.90 Å².